The van der Waals surface area contributed by atoms with Crippen LogP contribution in [0.25, 0.3) is 0 Å². The van der Waals surface area contributed by atoms with Gasteiger partial charge in [-0.2, -0.15) is 0 Å². The van der Waals surface area contributed by atoms with Crippen molar-refractivity contribution in [3.05, 3.63) is 53.0 Å². The number of thiocarbonyl (C=S) groups is 1. The van der Waals surface area contributed by atoms with Crippen molar-refractivity contribution >= 4 is 50.7 Å². The van der Waals surface area contributed by atoms with Crippen LogP contribution >= 0.6 is 39.9 Å². The van der Waals surface area contributed by atoms with Gasteiger partial charge in [-0.3, -0.25) is 0 Å². The number of ether oxygens (including phenoxy) is 1. The topological polar surface area (TPSA) is 33.3 Å². The molecule has 0 aromatic heterocycles. The standard InChI is InChI=1S/C18H19BrN2OS2/c19-13-3-7-16(8-4-13)24-17-9-5-14(6-10-17)21-18(23)20-12-15-2-1-11-22-15/h3-10,15H,1-2,11-12H2,(H2,20,21,23)/t15-/m0/s1. The van der Waals surface area contributed by atoms with E-state index in [0.29, 0.717) is 5.11 Å². The van der Waals surface area contributed by atoms with Gasteiger partial charge in [0.1, 0.15) is 0 Å². The van der Waals surface area contributed by atoms with Crippen LogP contribution in [-0.2, 0) is 4.74 Å². The van der Waals surface area contributed by atoms with E-state index in [0.717, 1.165) is 36.2 Å². The van der Waals surface area contributed by atoms with Crippen molar-refractivity contribution in [3.8, 4) is 0 Å². The van der Waals surface area contributed by atoms with Gasteiger partial charge in [-0.05, 0) is 73.6 Å². The third-order valence-corrected chi connectivity index (χ3v) is 5.47. The average Bonchev–Trinajstić information content (AvgIpc) is 3.10. The predicted octanol–water partition coefficient (Wildman–Crippen LogP) is 5.07. The zero-order valence-electron chi connectivity index (χ0n) is 13.1. The first-order valence-corrected chi connectivity index (χ1v) is 9.91. The third-order valence-electron chi connectivity index (χ3n) is 3.68. The lowest BCUT2D eigenvalue weighted by atomic mass is 10.2. The Morgan fingerprint density at radius 2 is 1.79 bits per heavy atom. The number of halogens is 1. The van der Waals surface area contributed by atoms with Crippen LogP contribution in [0.3, 0.4) is 0 Å². The van der Waals surface area contributed by atoms with Crippen LogP contribution in [0.15, 0.2) is 62.8 Å². The molecular weight excluding hydrogens is 404 g/mol. The van der Waals surface area contributed by atoms with Crippen LogP contribution in [-0.4, -0.2) is 24.4 Å². The second-order valence-electron chi connectivity index (χ2n) is 5.55. The Hall–Kier alpha value is -1.08. The summed E-state index contributed by atoms with van der Waals surface area (Å²) in [4.78, 5) is 2.41. The van der Waals surface area contributed by atoms with Crippen molar-refractivity contribution < 1.29 is 4.74 Å². The fourth-order valence-corrected chi connectivity index (χ4v) is 3.71. The van der Waals surface area contributed by atoms with Crippen molar-refractivity contribution in [3.63, 3.8) is 0 Å². The van der Waals surface area contributed by atoms with Gasteiger partial charge in [-0.25, -0.2) is 0 Å². The molecule has 1 heterocycles. The van der Waals surface area contributed by atoms with E-state index < -0.39 is 0 Å². The van der Waals surface area contributed by atoms with Gasteiger partial charge in [0.25, 0.3) is 0 Å². The van der Waals surface area contributed by atoms with Crippen molar-refractivity contribution in [1.29, 1.82) is 0 Å². The maximum atomic E-state index is 5.58. The molecule has 0 aliphatic carbocycles. The van der Waals surface area contributed by atoms with Gasteiger partial charge in [-0.1, -0.05) is 27.7 Å². The Kier molecular flexibility index (Phi) is 6.54. The molecular formula is C18H19BrN2OS2. The van der Waals surface area contributed by atoms with Gasteiger partial charge in [0.15, 0.2) is 5.11 Å². The summed E-state index contributed by atoms with van der Waals surface area (Å²) in [5, 5.41) is 7.07. The number of rotatable bonds is 5. The number of hydrogen-bond donors (Lipinski definition) is 2. The second-order valence-corrected chi connectivity index (χ2v) is 8.02. The van der Waals surface area contributed by atoms with E-state index >= 15 is 0 Å². The van der Waals surface area contributed by atoms with E-state index in [1.165, 1.54) is 9.79 Å². The molecule has 2 N–H and O–H groups in total. The van der Waals surface area contributed by atoms with Crippen LogP contribution in [0.4, 0.5) is 5.69 Å². The lowest BCUT2D eigenvalue weighted by Gasteiger charge is -2.14. The molecule has 0 radical (unpaired) electrons. The Morgan fingerprint density at radius 3 is 2.42 bits per heavy atom. The van der Waals surface area contributed by atoms with Crippen LogP contribution in [0, 0.1) is 0 Å². The van der Waals surface area contributed by atoms with Crippen LogP contribution in [0.5, 0.6) is 0 Å². The summed E-state index contributed by atoms with van der Waals surface area (Å²) in [6, 6.07) is 16.6. The summed E-state index contributed by atoms with van der Waals surface area (Å²) < 4.78 is 6.67. The summed E-state index contributed by atoms with van der Waals surface area (Å²) in [5.41, 5.74) is 0.986. The minimum Gasteiger partial charge on any atom is -0.376 e. The Morgan fingerprint density at radius 1 is 1.12 bits per heavy atom. The molecule has 2 aromatic carbocycles. The second kappa shape index (κ2) is 8.85. The highest BCUT2D eigenvalue weighted by atomic mass is 79.9. The maximum Gasteiger partial charge on any atom is 0.170 e. The number of nitrogens with one attached hydrogen (secondary N) is 2. The minimum atomic E-state index is 0.287. The fraction of sp³-hybridized carbons (Fsp3) is 0.278. The van der Waals surface area contributed by atoms with Crippen molar-refractivity contribution in [2.45, 2.75) is 28.7 Å². The van der Waals surface area contributed by atoms with Crippen molar-refractivity contribution in [2.75, 3.05) is 18.5 Å². The van der Waals surface area contributed by atoms with E-state index in [2.05, 4.69) is 63.0 Å². The highest BCUT2D eigenvalue weighted by Crippen LogP contribution is 2.29. The molecule has 126 valence electrons. The smallest absolute Gasteiger partial charge is 0.170 e. The number of benzene rings is 2. The molecule has 6 heteroatoms. The SMILES string of the molecule is S=C(NC[C@@H]1CCCO1)Nc1ccc(Sc2ccc(Br)cc2)cc1. The van der Waals surface area contributed by atoms with E-state index in [-0.39, 0.29) is 6.10 Å². The van der Waals surface area contributed by atoms with Gasteiger partial charge >= 0.3 is 0 Å². The van der Waals surface area contributed by atoms with Crippen molar-refractivity contribution in [1.82, 2.24) is 5.32 Å². The fourth-order valence-electron chi connectivity index (χ4n) is 2.43. The molecule has 1 aliphatic rings. The molecule has 0 bridgehead atoms. The molecule has 0 saturated carbocycles. The Bertz CT molecular complexity index is 670. The van der Waals surface area contributed by atoms with Crippen molar-refractivity contribution in [2.24, 2.45) is 0 Å². The Labute approximate surface area is 160 Å². The van der Waals surface area contributed by atoms with E-state index in [4.69, 9.17) is 17.0 Å². The molecule has 0 unspecified atom stereocenters. The number of hydrogen-bond acceptors (Lipinski definition) is 3. The molecule has 0 spiro atoms. The van der Waals surface area contributed by atoms with Crippen LogP contribution in [0.2, 0.25) is 0 Å². The van der Waals surface area contributed by atoms with Crippen LogP contribution < -0.4 is 10.6 Å². The average molecular weight is 423 g/mol. The normalized spacial score (nSPS) is 16.8. The molecule has 3 rings (SSSR count). The molecule has 1 aliphatic heterocycles. The monoisotopic (exact) mass is 422 g/mol. The maximum absolute atomic E-state index is 5.58. The highest BCUT2D eigenvalue weighted by molar-refractivity contribution is 9.10. The Balaban J connectivity index is 1.48. The first-order valence-electron chi connectivity index (χ1n) is 7.89. The highest BCUT2D eigenvalue weighted by Gasteiger charge is 2.15. The lowest BCUT2D eigenvalue weighted by molar-refractivity contribution is 0.114. The minimum absolute atomic E-state index is 0.287. The summed E-state index contributed by atoms with van der Waals surface area (Å²) >= 11 is 10.5. The molecule has 0 amide bonds. The number of anilines is 1. The lowest BCUT2D eigenvalue weighted by Crippen LogP contribution is -2.34. The first kappa shape index (κ1) is 17.7. The van der Waals surface area contributed by atoms with E-state index in [1.807, 2.05) is 12.1 Å². The zero-order chi connectivity index (χ0) is 16.8. The molecule has 24 heavy (non-hydrogen) atoms. The predicted molar refractivity (Wildman–Crippen MR) is 108 cm³/mol. The van der Waals surface area contributed by atoms with E-state index in [1.54, 1.807) is 11.8 Å². The molecule has 1 saturated heterocycles. The molecule has 2 aromatic rings. The van der Waals surface area contributed by atoms with E-state index in [9.17, 15) is 0 Å². The van der Waals surface area contributed by atoms with Gasteiger partial charge in [-0.15, -0.1) is 0 Å². The zero-order valence-corrected chi connectivity index (χ0v) is 16.3. The third kappa shape index (κ3) is 5.48. The molecule has 3 nitrogen and oxygen atoms in total. The summed E-state index contributed by atoms with van der Waals surface area (Å²) in [6.45, 7) is 1.63. The largest absolute Gasteiger partial charge is 0.376 e. The summed E-state index contributed by atoms with van der Waals surface area (Å²) in [6.07, 6.45) is 2.54. The quantitative estimate of drug-likeness (QED) is 0.657. The van der Waals surface area contributed by atoms with Gasteiger partial charge < -0.3 is 15.4 Å². The summed E-state index contributed by atoms with van der Waals surface area (Å²) in [5.74, 6) is 0. The van der Waals surface area contributed by atoms with Gasteiger partial charge in [0.2, 0.25) is 0 Å². The molecule has 1 fully saturated rings. The first-order chi connectivity index (χ1) is 11.7. The summed E-state index contributed by atoms with van der Waals surface area (Å²) in [7, 11) is 0. The van der Waals surface area contributed by atoms with Gasteiger partial charge in [0, 0.05) is 33.1 Å². The van der Waals surface area contributed by atoms with Gasteiger partial charge in [0.05, 0.1) is 6.10 Å². The molecule has 1 atom stereocenters. The van der Waals surface area contributed by atoms with Crippen LogP contribution in [0.1, 0.15) is 12.8 Å².